The Morgan fingerprint density at radius 1 is 1.26 bits per heavy atom. The lowest BCUT2D eigenvalue weighted by Crippen LogP contribution is -2.30. The third-order valence-corrected chi connectivity index (χ3v) is 5.25. The number of anilines is 1. The fourth-order valence-electron chi connectivity index (χ4n) is 1.89. The third kappa shape index (κ3) is 5.28. The first kappa shape index (κ1) is 19.6. The molecule has 2 N–H and O–H groups in total. The Bertz CT molecular complexity index is 657. The summed E-state index contributed by atoms with van der Waals surface area (Å²) in [6, 6.07) is 3.10. The fraction of sp³-hybridized carbons (Fsp3) is 0.533. The Balaban J connectivity index is 2.95. The van der Waals surface area contributed by atoms with Gasteiger partial charge in [-0.2, -0.15) is 0 Å². The van der Waals surface area contributed by atoms with E-state index in [0.29, 0.717) is 18.8 Å². The number of carbonyl (C=O) groups is 1. The van der Waals surface area contributed by atoms with Gasteiger partial charge in [-0.05, 0) is 37.1 Å². The molecule has 0 spiro atoms. The van der Waals surface area contributed by atoms with Crippen molar-refractivity contribution in [3.63, 3.8) is 0 Å². The van der Waals surface area contributed by atoms with Crippen LogP contribution in [0, 0.1) is 13.8 Å². The van der Waals surface area contributed by atoms with Gasteiger partial charge in [-0.3, -0.25) is 4.79 Å². The van der Waals surface area contributed by atoms with Crippen LogP contribution in [0.25, 0.3) is 0 Å². The SMILES string of the molecule is COCCNCC(=O)Nc1cc(S(=O)(=O)N(C)C)cc(C)c1C. The number of carbonyl (C=O) groups excluding carboxylic acids is 1. The molecule has 23 heavy (non-hydrogen) atoms. The minimum atomic E-state index is -3.55. The summed E-state index contributed by atoms with van der Waals surface area (Å²) >= 11 is 0. The molecule has 0 aliphatic heterocycles. The molecule has 1 aromatic carbocycles. The summed E-state index contributed by atoms with van der Waals surface area (Å²) in [6.45, 7) is 4.87. The zero-order chi connectivity index (χ0) is 17.6. The number of ether oxygens (including phenoxy) is 1. The summed E-state index contributed by atoms with van der Waals surface area (Å²) < 4.78 is 30.6. The van der Waals surface area contributed by atoms with E-state index in [0.717, 1.165) is 15.4 Å². The number of nitrogens with one attached hydrogen (secondary N) is 2. The third-order valence-electron chi connectivity index (χ3n) is 3.46. The Hall–Kier alpha value is -1.48. The fourth-order valence-corrected chi connectivity index (χ4v) is 2.90. The molecule has 0 heterocycles. The van der Waals surface area contributed by atoms with Gasteiger partial charge in [0, 0.05) is 33.4 Å². The lowest BCUT2D eigenvalue weighted by atomic mass is 10.1. The number of nitrogens with zero attached hydrogens (tertiary/aromatic N) is 1. The van der Waals surface area contributed by atoms with Crippen molar-refractivity contribution >= 4 is 21.6 Å². The van der Waals surface area contributed by atoms with Crippen LogP contribution in [0.2, 0.25) is 0 Å². The van der Waals surface area contributed by atoms with Crippen LogP contribution in [-0.4, -0.2) is 59.5 Å². The van der Waals surface area contributed by atoms with Crippen molar-refractivity contribution in [3.05, 3.63) is 23.3 Å². The van der Waals surface area contributed by atoms with Gasteiger partial charge in [0.05, 0.1) is 18.0 Å². The van der Waals surface area contributed by atoms with E-state index < -0.39 is 10.0 Å². The largest absolute Gasteiger partial charge is 0.383 e. The van der Waals surface area contributed by atoms with E-state index in [9.17, 15) is 13.2 Å². The summed E-state index contributed by atoms with van der Waals surface area (Å²) in [5, 5.41) is 5.69. The molecule has 0 aromatic heterocycles. The molecule has 0 radical (unpaired) electrons. The molecule has 1 rings (SSSR count). The summed E-state index contributed by atoms with van der Waals surface area (Å²) in [5.74, 6) is -0.233. The van der Waals surface area contributed by atoms with Crippen molar-refractivity contribution in [2.45, 2.75) is 18.7 Å². The van der Waals surface area contributed by atoms with Crippen molar-refractivity contribution in [3.8, 4) is 0 Å². The predicted octanol–water partition coefficient (Wildman–Crippen LogP) is 0.728. The molecular weight excluding hydrogens is 318 g/mol. The maximum atomic E-state index is 12.3. The molecule has 0 aliphatic rings. The molecule has 0 bridgehead atoms. The average molecular weight is 343 g/mol. The highest BCUT2D eigenvalue weighted by atomic mass is 32.2. The van der Waals surface area contributed by atoms with E-state index in [1.54, 1.807) is 13.2 Å². The van der Waals surface area contributed by atoms with Gasteiger partial charge in [0.2, 0.25) is 15.9 Å². The lowest BCUT2D eigenvalue weighted by Gasteiger charge is -2.16. The highest BCUT2D eigenvalue weighted by molar-refractivity contribution is 7.89. The van der Waals surface area contributed by atoms with Crippen LogP contribution in [0.5, 0.6) is 0 Å². The van der Waals surface area contributed by atoms with Crippen LogP contribution >= 0.6 is 0 Å². The number of benzene rings is 1. The molecule has 8 heteroatoms. The quantitative estimate of drug-likeness (QED) is 0.680. The molecule has 7 nitrogen and oxygen atoms in total. The molecule has 1 aromatic rings. The molecule has 0 saturated heterocycles. The minimum Gasteiger partial charge on any atom is -0.383 e. The first-order valence-electron chi connectivity index (χ1n) is 7.23. The molecule has 1 amide bonds. The standard InChI is InChI=1S/C15H25N3O4S/c1-11-8-13(23(20,21)18(3)4)9-14(12(11)2)17-15(19)10-16-6-7-22-5/h8-9,16H,6-7,10H2,1-5H3,(H,17,19). The smallest absolute Gasteiger partial charge is 0.242 e. The van der Waals surface area contributed by atoms with E-state index in [1.807, 2.05) is 13.8 Å². The van der Waals surface area contributed by atoms with Crippen molar-refractivity contribution in [1.29, 1.82) is 0 Å². The summed E-state index contributed by atoms with van der Waals surface area (Å²) in [5.41, 5.74) is 2.15. The number of methoxy groups -OCH3 is 1. The van der Waals surface area contributed by atoms with Crippen molar-refractivity contribution in [2.24, 2.45) is 0 Å². The van der Waals surface area contributed by atoms with Gasteiger partial charge in [0.15, 0.2) is 0 Å². The Morgan fingerprint density at radius 2 is 1.91 bits per heavy atom. The molecule has 130 valence electrons. The van der Waals surface area contributed by atoms with Gasteiger partial charge in [-0.1, -0.05) is 0 Å². The van der Waals surface area contributed by atoms with Crippen LogP contribution in [0.4, 0.5) is 5.69 Å². The van der Waals surface area contributed by atoms with Crippen LogP contribution in [0.1, 0.15) is 11.1 Å². The van der Waals surface area contributed by atoms with E-state index in [4.69, 9.17) is 4.74 Å². The topological polar surface area (TPSA) is 87.7 Å². The normalized spacial score (nSPS) is 11.7. The van der Waals surface area contributed by atoms with Crippen molar-refractivity contribution in [1.82, 2.24) is 9.62 Å². The Labute approximate surface area is 138 Å². The molecular formula is C15H25N3O4S. The van der Waals surface area contributed by atoms with Gasteiger partial charge in [-0.25, -0.2) is 12.7 Å². The van der Waals surface area contributed by atoms with Gasteiger partial charge >= 0.3 is 0 Å². The van der Waals surface area contributed by atoms with Gasteiger partial charge in [-0.15, -0.1) is 0 Å². The number of hydrogen-bond donors (Lipinski definition) is 2. The summed E-state index contributed by atoms with van der Waals surface area (Å²) in [4.78, 5) is 12.1. The van der Waals surface area contributed by atoms with Crippen LogP contribution in [-0.2, 0) is 19.6 Å². The zero-order valence-electron chi connectivity index (χ0n) is 14.3. The number of amides is 1. The van der Waals surface area contributed by atoms with Gasteiger partial charge in [0.25, 0.3) is 0 Å². The first-order valence-corrected chi connectivity index (χ1v) is 8.67. The Morgan fingerprint density at radius 3 is 2.48 bits per heavy atom. The van der Waals surface area contributed by atoms with E-state index in [2.05, 4.69) is 10.6 Å². The molecule has 0 saturated carbocycles. The number of rotatable bonds is 8. The lowest BCUT2D eigenvalue weighted by molar-refractivity contribution is -0.115. The van der Waals surface area contributed by atoms with Crippen LogP contribution < -0.4 is 10.6 Å². The molecule has 0 atom stereocenters. The maximum absolute atomic E-state index is 12.3. The second kappa shape index (κ2) is 8.39. The van der Waals surface area contributed by atoms with Crippen molar-refractivity contribution < 1.29 is 17.9 Å². The first-order chi connectivity index (χ1) is 10.7. The molecule has 0 aliphatic carbocycles. The highest BCUT2D eigenvalue weighted by Gasteiger charge is 2.20. The number of hydrogen-bond acceptors (Lipinski definition) is 5. The molecule has 0 fully saturated rings. The minimum absolute atomic E-state index is 0.131. The number of aryl methyl sites for hydroxylation is 1. The average Bonchev–Trinajstić information content (AvgIpc) is 2.47. The summed E-state index contributed by atoms with van der Waals surface area (Å²) in [7, 11) is 0.988. The van der Waals surface area contributed by atoms with Gasteiger partial charge in [0.1, 0.15) is 0 Å². The maximum Gasteiger partial charge on any atom is 0.242 e. The van der Waals surface area contributed by atoms with E-state index in [-0.39, 0.29) is 17.3 Å². The van der Waals surface area contributed by atoms with Crippen LogP contribution in [0.15, 0.2) is 17.0 Å². The molecule has 0 unspecified atom stereocenters. The highest BCUT2D eigenvalue weighted by Crippen LogP contribution is 2.25. The summed E-state index contributed by atoms with van der Waals surface area (Å²) in [6.07, 6.45) is 0. The zero-order valence-corrected chi connectivity index (χ0v) is 15.1. The Kier molecular flexibility index (Phi) is 7.14. The van der Waals surface area contributed by atoms with Crippen molar-refractivity contribution in [2.75, 3.05) is 46.2 Å². The second-order valence-corrected chi connectivity index (χ2v) is 7.57. The van der Waals surface area contributed by atoms with E-state index >= 15 is 0 Å². The monoisotopic (exact) mass is 343 g/mol. The second-order valence-electron chi connectivity index (χ2n) is 5.42. The van der Waals surface area contributed by atoms with E-state index in [1.165, 1.54) is 20.2 Å². The predicted molar refractivity (Wildman–Crippen MR) is 90.2 cm³/mol. The van der Waals surface area contributed by atoms with Crippen LogP contribution in [0.3, 0.4) is 0 Å². The number of sulfonamides is 1. The van der Waals surface area contributed by atoms with Gasteiger partial charge < -0.3 is 15.4 Å².